The summed E-state index contributed by atoms with van der Waals surface area (Å²) in [5, 5.41) is 1.64. The van der Waals surface area contributed by atoms with E-state index in [0.717, 1.165) is 21.7 Å². The summed E-state index contributed by atoms with van der Waals surface area (Å²) >= 11 is 4.94. The van der Waals surface area contributed by atoms with Gasteiger partial charge in [-0.1, -0.05) is 27.7 Å². The van der Waals surface area contributed by atoms with Gasteiger partial charge in [-0.05, 0) is 18.7 Å². The molecular formula is C7H9BrN2S. The quantitative estimate of drug-likeness (QED) is 0.445. The van der Waals surface area contributed by atoms with Gasteiger partial charge < -0.3 is 0 Å². The lowest BCUT2D eigenvalue weighted by atomic mass is 10.3. The summed E-state index contributed by atoms with van der Waals surface area (Å²) in [5.74, 6) is 0. The molecule has 1 heterocycles. The number of rotatable bonds is 2. The standard InChI is InChI=1S/C7H9BrN2S/c1-5-4-9-7(11-2)10-6(5)3-8/h4H,3H2,1-2H3. The summed E-state index contributed by atoms with van der Waals surface area (Å²) in [5.41, 5.74) is 2.21. The third kappa shape index (κ3) is 2.17. The van der Waals surface area contributed by atoms with Gasteiger partial charge in [-0.2, -0.15) is 0 Å². The molecule has 1 aromatic heterocycles. The van der Waals surface area contributed by atoms with E-state index in [0.29, 0.717) is 0 Å². The topological polar surface area (TPSA) is 25.8 Å². The molecule has 0 N–H and O–H groups in total. The fraction of sp³-hybridized carbons (Fsp3) is 0.429. The largest absolute Gasteiger partial charge is 0.231 e. The van der Waals surface area contributed by atoms with Gasteiger partial charge in [0.05, 0.1) is 5.69 Å². The van der Waals surface area contributed by atoms with Crippen LogP contribution >= 0.6 is 27.7 Å². The molecule has 11 heavy (non-hydrogen) atoms. The number of aryl methyl sites for hydroxylation is 1. The lowest BCUT2D eigenvalue weighted by Crippen LogP contribution is -1.94. The molecular weight excluding hydrogens is 224 g/mol. The Morgan fingerprint density at radius 1 is 1.64 bits per heavy atom. The lowest BCUT2D eigenvalue weighted by Gasteiger charge is -2.00. The van der Waals surface area contributed by atoms with Crippen LogP contribution in [0.2, 0.25) is 0 Å². The van der Waals surface area contributed by atoms with Gasteiger partial charge in [-0.15, -0.1) is 0 Å². The molecule has 0 unspecified atom stereocenters. The first kappa shape index (κ1) is 9.00. The van der Waals surface area contributed by atoms with Crippen LogP contribution in [0.3, 0.4) is 0 Å². The van der Waals surface area contributed by atoms with Crippen molar-refractivity contribution in [3.05, 3.63) is 17.5 Å². The van der Waals surface area contributed by atoms with Crippen molar-refractivity contribution in [3.63, 3.8) is 0 Å². The zero-order valence-corrected chi connectivity index (χ0v) is 8.87. The van der Waals surface area contributed by atoms with Crippen molar-refractivity contribution in [2.24, 2.45) is 0 Å². The fourth-order valence-corrected chi connectivity index (χ4v) is 1.62. The van der Waals surface area contributed by atoms with Crippen molar-refractivity contribution in [2.75, 3.05) is 6.26 Å². The Bertz CT molecular complexity index is 252. The Morgan fingerprint density at radius 3 is 2.91 bits per heavy atom. The number of aromatic nitrogens is 2. The molecule has 1 rings (SSSR count). The normalized spacial score (nSPS) is 10.1. The van der Waals surface area contributed by atoms with E-state index in [4.69, 9.17) is 0 Å². The average Bonchev–Trinajstić information content (AvgIpc) is 2.05. The summed E-state index contributed by atoms with van der Waals surface area (Å²) < 4.78 is 0. The Kier molecular flexibility index (Phi) is 3.33. The number of hydrogen-bond acceptors (Lipinski definition) is 3. The number of thioether (sulfide) groups is 1. The minimum Gasteiger partial charge on any atom is -0.231 e. The van der Waals surface area contributed by atoms with Crippen LogP contribution in [0.4, 0.5) is 0 Å². The van der Waals surface area contributed by atoms with Crippen LogP contribution in [0, 0.1) is 6.92 Å². The second-order valence-electron chi connectivity index (χ2n) is 2.12. The molecule has 0 fully saturated rings. The van der Waals surface area contributed by atoms with Gasteiger partial charge in [0.2, 0.25) is 0 Å². The molecule has 2 nitrogen and oxygen atoms in total. The van der Waals surface area contributed by atoms with Gasteiger partial charge in [0, 0.05) is 11.5 Å². The predicted octanol–water partition coefficient (Wildman–Crippen LogP) is 2.40. The first-order valence-corrected chi connectivity index (χ1v) is 5.55. The van der Waals surface area contributed by atoms with E-state index >= 15 is 0 Å². The summed E-state index contributed by atoms with van der Waals surface area (Å²) in [6.45, 7) is 2.01. The van der Waals surface area contributed by atoms with E-state index in [1.807, 2.05) is 19.4 Å². The Morgan fingerprint density at radius 2 is 2.36 bits per heavy atom. The van der Waals surface area contributed by atoms with E-state index in [9.17, 15) is 0 Å². The van der Waals surface area contributed by atoms with Crippen LogP contribution in [0.1, 0.15) is 11.3 Å². The molecule has 4 heteroatoms. The molecule has 60 valence electrons. The Labute approximate surface area is 79.0 Å². The molecule has 1 aromatic rings. The van der Waals surface area contributed by atoms with Crippen molar-refractivity contribution in [3.8, 4) is 0 Å². The molecule has 0 atom stereocenters. The highest BCUT2D eigenvalue weighted by molar-refractivity contribution is 9.08. The van der Waals surface area contributed by atoms with Gasteiger partial charge in [0.15, 0.2) is 5.16 Å². The Hall–Kier alpha value is -0.0900. The van der Waals surface area contributed by atoms with Gasteiger partial charge >= 0.3 is 0 Å². The minimum atomic E-state index is 0.801. The summed E-state index contributed by atoms with van der Waals surface area (Å²) in [6, 6.07) is 0. The number of alkyl halides is 1. The zero-order valence-electron chi connectivity index (χ0n) is 6.47. The predicted molar refractivity (Wildman–Crippen MR) is 51.2 cm³/mol. The molecule has 0 bridgehead atoms. The molecule has 0 saturated heterocycles. The minimum absolute atomic E-state index is 0.801. The van der Waals surface area contributed by atoms with E-state index in [1.165, 1.54) is 0 Å². The maximum Gasteiger partial charge on any atom is 0.187 e. The van der Waals surface area contributed by atoms with Crippen LogP contribution in [0.15, 0.2) is 11.4 Å². The fourth-order valence-electron chi connectivity index (χ4n) is 0.693. The van der Waals surface area contributed by atoms with Crippen molar-refractivity contribution in [1.82, 2.24) is 9.97 Å². The summed E-state index contributed by atoms with van der Waals surface area (Å²) in [7, 11) is 0. The van der Waals surface area contributed by atoms with Gasteiger partial charge in [-0.3, -0.25) is 0 Å². The summed E-state index contributed by atoms with van der Waals surface area (Å²) in [6.07, 6.45) is 3.83. The maximum atomic E-state index is 4.31. The number of nitrogens with zero attached hydrogens (tertiary/aromatic N) is 2. The highest BCUT2D eigenvalue weighted by atomic mass is 79.9. The third-order valence-corrected chi connectivity index (χ3v) is 2.46. The van der Waals surface area contributed by atoms with E-state index in [-0.39, 0.29) is 0 Å². The Balaban J connectivity index is 3.02. The monoisotopic (exact) mass is 232 g/mol. The molecule has 0 amide bonds. The number of hydrogen-bond donors (Lipinski definition) is 0. The van der Waals surface area contributed by atoms with E-state index in [1.54, 1.807) is 11.8 Å². The lowest BCUT2D eigenvalue weighted by molar-refractivity contribution is 0.911. The molecule has 0 spiro atoms. The van der Waals surface area contributed by atoms with Crippen molar-refractivity contribution in [2.45, 2.75) is 17.4 Å². The maximum absolute atomic E-state index is 4.31. The number of halogens is 1. The molecule has 0 aliphatic rings. The van der Waals surface area contributed by atoms with Crippen LogP contribution in [0.5, 0.6) is 0 Å². The van der Waals surface area contributed by atoms with Crippen molar-refractivity contribution < 1.29 is 0 Å². The summed E-state index contributed by atoms with van der Waals surface area (Å²) in [4.78, 5) is 8.45. The van der Waals surface area contributed by atoms with Crippen LogP contribution in [-0.2, 0) is 5.33 Å². The first-order chi connectivity index (χ1) is 5.27. The van der Waals surface area contributed by atoms with Crippen molar-refractivity contribution >= 4 is 27.7 Å². The average molecular weight is 233 g/mol. The SMILES string of the molecule is CSc1ncc(C)c(CBr)n1. The van der Waals surface area contributed by atoms with Gasteiger partial charge in [-0.25, -0.2) is 9.97 Å². The van der Waals surface area contributed by atoms with E-state index < -0.39 is 0 Å². The van der Waals surface area contributed by atoms with Crippen LogP contribution < -0.4 is 0 Å². The second-order valence-corrected chi connectivity index (χ2v) is 3.45. The van der Waals surface area contributed by atoms with E-state index in [2.05, 4.69) is 25.9 Å². The molecule has 0 aliphatic carbocycles. The first-order valence-electron chi connectivity index (χ1n) is 3.20. The third-order valence-electron chi connectivity index (χ3n) is 1.36. The van der Waals surface area contributed by atoms with Crippen LogP contribution in [-0.4, -0.2) is 16.2 Å². The molecule has 0 saturated carbocycles. The molecule has 0 aliphatic heterocycles. The second kappa shape index (κ2) is 4.07. The zero-order chi connectivity index (χ0) is 8.27. The van der Waals surface area contributed by atoms with Crippen LogP contribution in [0.25, 0.3) is 0 Å². The molecule has 0 radical (unpaired) electrons. The van der Waals surface area contributed by atoms with Gasteiger partial charge in [0.25, 0.3) is 0 Å². The smallest absolute Gasteiger partial charge is 0.187 e. The van der Waals surface area contributed by atoms with Gasteiger partial charge in [0.1, 0.15) is 0 Å². The highest BCUT2D eigenvalue weighted by Crippen LogP contribution is 2.13. The highest BCUT2D eigenvalue weighted by Gasteiger charge is 2.00. The molecule has 0 aromatic carbocycles. The van der Waals surface area contributed by atoms with Crippen molar-refractivity contribution in [1.29, 1.82) is 0 Å².